The molecule has 0 N–H and O–H groups in total. The average molecular weight is 829 g/mol. The SMILES string of the molecule is c1ccc(-c2cc3c4c(c2)N(c2ccccc2-c2ccccc2)c2cc5c(cc2B4c2cc4oc6ccccc6c4cc2N3c2ccccc2-c2ccccc2)oc2ccccc25)cc1. The summed E-state index contributed by atoms with van der Waals surface area (Å²) in [5.41, 5.74) is 20.7. The van der Waals surface area contributed by atoms with Crippen molar-refractivity contribution in [1.29, 1.82) is 0 Å². The van der Waals surface area contributed by atoms with E-state index in [2.05, 4.69) is 234 Å². The van der Waals surface area contributed by atoms with E-state index < -0.39 is 0 Å². The van der Waals surface area contributed by atoms with Gasteiger partial charge in [-0.05, 0) is 99.3 Å². The van der Waals surface area contributed by atoms with Gasteiger partial charge in [0.25, 0.3) is 6.71 Å². The molecule has 10 aromatic carbocycles. The third kappa shape index (κ3) is 5.39. The normalized spacial score (nSPS) is 12.8. The molecule has 0 bridgehead atoms. The minimum Gasteiger partial charge on any atom is -0.456 e. The van der Waals surface area contributed by atoms with Crippen molar-refractivity contribution in [1.82, 2.24) is 0 Å². The Labute approximate surface area is 375 Å². The van der Waals surface area contributed by atoms with Crippen LogP contribution in [0.1, 0.15) is 0 Å². The van der Waals surface area contributed by atoms with E-state index in [1.165, 1.54) is 16.4 Å². The predicted molar refractivity (Wildman–Crippen MR) is 271 cm³/mol. The highest BCUT2D eigenvalue weighted by atomic mass is 16.3. The molecular weight excluding hydrogens is 791 g/mol. The fraction of sp³-hybridized carbons (Fsp3) is 0. The van der Waals surface area contributed by atoms with Crippen LogP contribution in [-0.4, -0.2) is 6.71 Å². The van der Waals surface area contributed by atoms with E-state index in [9.17, 15) is 0 Å². The summed E-state index contributed by atoms with van der Waals surface area (Å²) in [7, 11) is 0. The third-order valence-electron chi connectivity index (χ3n) is 13.6. The summed E-state index contributed by atoms with van der Waals surface area (Å²) in [4.78, 5) is 5.07. The maximum Gasteiger partial charge on any atom is 0.252 e. The highest BCUT2D eigenvalue weighted by molar-refractivity contribution is 7.00. The first-order valence-electron chi connectivity index (χ1n) is 22.3. The zero-order valence-electron chi connectivity index (χ0n) is 35.2. The van der Waals surface area contributed by atoms with Crippen LogP contribution >= 0.6 is 0 Å². The van der Waals surface area contributed by atoms with Crippen molar-refractivity contribution < 1.29 is 8.83 Å². The highest BCUT2D eigenvalue weighted by Gasteiger charge is 2.45. The van der Waals surface area contributed by atoms with Crippen LogP contribution < -0.4 is 26.2 Å². The number of anilines is 6. The molecule has 0 unspecified atom stereocenters. The Kier molecular flexibility index (Phi) is 7.75. The Morgan fingerprint density at radius 3 is 1.15 bits per heavy atom. The zero-order valence-corrected chi connectivity index (χ0v) is 35.2. The molecule has 0 saturated heterocycles. The lowest BCUT2D eigenvalue weighted by atomic mass is 9.33. The Balaban J connectivity index is 1.17. The van der Waals surface area contributed by atoms with Crippen LogP contribution in [-0.2, 0) is 0 Å². The van der Waals surface area contributed by atoms with Gasteiger partial charge in [-0.2, -0.15) is 0 Å². The molecular formula is C60H37BN2O2. The maximum atomic E-state index is 6.76. The molecule has 0 radical (unpaired) electrons. The van der Waals surface area contributed by atoms with E-state index in [4.69, 9.17) is 8.83 Å². The van der Waals surface area contributed by atoms with Crippen LogP contribution in [0.2, 0.25) is 0 Å². The maximum absolute atomic E-state index is 6.76. The molecule has 0 spiro atoms. The summed E-state index contributed by atoms with van der Waals surface area (Å²) >= 11 is 0. The summed E-state index contributed by atoms with van der Waals surface area (Å²) in [6.45, 7) is -0.176. The van der Waals surface area contributed by atoms with Crippen LogP contribution in [0.4, 0.5) is 34.1 Å². The lowest BCUT2D eigenvalue weighted by Gasteiger charge is -2.45. The molecule has 14 rings (SSSR count). The molecule has 65 heavy (non-hydrogen) atoms. The molecule has 5 heteroatoms. The molecule has 2 aromatic heterocycles. The van der Waals surface area contributed by atoms with E-state index in [0.717, 1.165) is 111 Å². The fourth-order valence-electron chi connectivity index (χ4n) is 10.8. The molecule has 302 valence electrons. The van der Waals surface area contributed by atoms with Crippen molar-refractivity contribution in [2.75, 3.05) is 9.80 Å². The van der Waals surface area contributed by atoms with E-state index in [0.29, 0.717) is 0 Å². The van der Waals surface area contributed by atoms with Crippen molar-refractivity contribution in [3.8, 4) is 33.4 Å². The average Bonchev–Trinajstić information content (AvgIpc) is 3.93. The molecule has 12 aromatic rings. The quantitative estimate of drug-likeness (QED) is 0.162. The van der Waals surface area contributed by atoms with E-state index >= 15 is 0 Å². The van der Waals surface area contributed by atoms with Crippen molar-refractivity contribution >= 4 is 101 Å². The van der Waals surface area contributed by atoms with Gasteiger partial charge in [0.1, 0.15) is 22.3 Å². The number of hydrogen-bond donors (Lipinski definition) is 0. The molecule has 2 aliphatic rings. The molecule has 2 aliphatic heterocycles. The smallest absolute Gasteiger partial charge is 0.252 e. The van der Waals surface area contributed by atoms with E-state index in [1.54, 1.807) is 0 Å². The van der Waals surface area contributed by atoms with Gasteiger partial charge in [-0.15, -0.1) is 0 Å². The lowest BCUT2D eigenvalue weighted by molar-refractivity contribution is 0.669. The number of benzene rings is 10. The molecule has 0 fully saturated rings. The minimum absolute atomic E-state index is 0.176. The van der Waals surface area contributed by atoms with E-state index in [-0.39, 0.29) is 6.71 Å². The van der Waals surface area contributed by atoms with Gasteiger partial charge >= 0.3 is 0 Å². The van der Waals surface area contributed by atoms with Crippen LogP contribution in [0, 0.1) is 0 Å². The third-order valence-corrected chi connectivity index (χ3v) is 13.6. The Bertz CT molecular complexity index is 3630. The van der Waals surface area contributed by atoms with Crippen molar-refractivity contribution in [2.24, 2.45) is 0 Å². The first kappa shape index (κ1) is 36.0. The van der Waals surface area contributed by atoms with Crippen LogP contribution in [0.5, 0.6) is 0 Å². The van der Waals surface area contributed by atoms with Crippen molar-refractivity contribution in [3.05, 3.63) is 224 Å². The second-order valence-corrected chi connectivity index (χ2v) is 17.2. The second-order valence-electron chi connectivity index (χ2n) is 17.2. The van der Waals surface area contributed by atoms with Gasteiger partial charge in [0.2, 0.25) is 0 Å². The molecule has 0 atom stereocenters. The van der Waals surface area contributed by atoms with Gasteiger partial charge in [0.05, 0.1) is 11.4 Å². The zero-order chi connectivity index (χ0) is 42.6. The van der Waals surface area contributed by atoms with Crippen LogP contribution in [0.25, 0.3) is 77.3 Å². The minimum atomic E-state index is -0.176. The Morgan fingerprint density at radius 1 is 0.277 bits per heavy atom. The molecule has 0 aliphatic carbocycles. The van der Waals surface area contributed by atoms with Crippen molar-refractivity contribution in [3.63, 3.8) is 0 Å². The van der Waals surface area contributed by atoms with Gasteiger partial charge in [-0.3, -0.25) is 0 Å². The fourth-order valence-corrected chi connectivity index (χ4v) is 10.8. The monoisotopic (exact) mass is 828 g/mol. The predicted octanol–water partition coefficient (Wildman–Crippen LogP) is 14.6. The van der Waals surface area contributed by atoms with Gasteiger partial charge in [0.15, 0.2) is 0 Å². The van der Waals surface area contributed by atoms with Gasteiger partial charge in [-0.1, -0.05) is 164 Å². The van der Waals surface area contributed by atoms with Crippen LogP contribution in [0.15, 0.2) is 233 Å². The summed E-state index contributed by atoms with van der Waals surface area (Å²) in [6.07, 6.45) is 0. The van der Waals surface area contributed by atoms with Gasteiger partial charge < -0.3 is 18.6 Å². The number of para-hydroxylation sites is 4. The first-order chi connectivity index (χ1) is 32.2. The second kappa shape index (κ2) is 14.0. The van der Waals surface area contributed by atoms with Crippen LogP contribution in [0.3, 0.4) is 0 Å². The van der Waals surface area contributed by atoms with E-state index in [1.807, 2.05) is 0 Å². The molecule has 4 nitrogen and oxygen atoms in total. The van der Waals surface area contributed by atoms with Crippen molar-refractivity contribution in [2.45, 2.75) is 0 Å². The number of fused-ring (bicyclic) bond motifs is 10. The molecule has 4 heterocycles. The highest BCUT2D eigenvalue weighted by Crippen LogP contribution is 2.51. The summed E-state index contributed by atoms with van der Waals surface area (Å²) in [5, 5.41) is 4.38. The van der Waals surface area contributed by atoms with Gasteiger partial charge in [-0.25, -0.2) is 0 Å². The number of nitrogens with zero attached hydrogens (tertiary/aromatic N) is 2. The largest absolute Gasteiger partial charge is 0.456 e. The lowest BCUT2D eigenvalue weighted by Crippen LogP contribution is -2.61. The first-order valence-corrected chi connectivity index (χ1v) is 22.3. The number of hydrogen-bond acceptors (Lipinski definition) is 4. The summed E-state index contributed by atoms with van der Waals surface area (Å²) in [6, 6.07) is 81.2. The number of furan rings is 2. The summed E-state index contributed by atoms with van der Waals surface area (Å²) < 4.78 is 13.5. The number of rotatable bonds is 5. The Hall–Kier alpha value is -8.54. The molecule has 0 saturated carbocycles. The Morgan fingerprint density at radius 2 is 0.677 bits per heavy atom. The standard InChI is InChI=1S/C60H37BN2O2/c1-4-18-38(19-5-1)41-32-54-60-55(33-41)63(51-29-15-11-25-43(51)40-22-8-3-9-23-40)53-35-47-45-27-13-17-31-57(45)65-59(47)37-49(53)61(60)48-36-58-46(44-26-12-16-30-56(44)64-58)34-52(48)62(54)50-28-14-10-24-42(50)39-20-6-2-7-21-39/h1-37H. The topological polar surface area (TPSA) is 32.8 Å². The van der Waals surface area contributed by atoms with Gasteiger partial charge in [0, 0.05) is 55.4 Å². The summed E-state index contributed by atoms with van der Waals surface area (Å²) in [5.74, 6) is 0. The molecule has 0 amide bonds.